The first-order chi connectivity index (χ1) is 12.4. The number of aromatic nitrogens is 2. The maximum absolute atomic E-state index is 13.0. The molecule has 6 nitrogen and oxygen atoms in total. The van der Waals surface area contributed by atoms with E-state index in [1.54, 1.807) is 12.1 Å². The lowest BCUT2D eigenvalue weighted by Gasteiger charge is -2.41. The lowest BCUT2D eigenvalue weighted by molar-refractivity contribution is 0.0935. The van der Waals surface area contributed by atoms with Crippen LogP contribution in [0, 0.1) is 19.7 Å². The SMILES string of the molecule is Cc1nnc2sc(C(=O)NC3CN(c4ccc(F)cc4)C3)c(N)c2c1C. The van der Waals surface area contributed by atoms with Crippen LogP contribution in [-0.4, -0.2) is 35.2 Å². The van der Waals surface area contributed by atoms with Crippen LogP contribution in [0.1, 0.15) is 20.9 Å². The van der Waals surface area contributed by atoms with Crippen LogP contribution >= 0.6 is 11.3 Å². The Labute approximate surface area is 153 Å². The van der Waals surface area contributed by atoms with Crippen molar-refractivity contribution in [3.8, 4) is 0 Å². The number of nitrogens with zero attached hydrogens (tertiary/aromatic N) is 3. The maximum atomic E-state index is 13.0. The predicted molar refractivity (Wildman–Crippen MR) is 101 cm³/mol. The number of anilines is 2. The molecule has 0 atom stereocenters. The van der Waals surface area contributed by atoms with Crippen molar-refractivity contribution in [1.82, 2.24) is 15.5 Å². The molecular weight excluding hydrogens is 353 g/mol. The van der Waals surface area contributed by atoms with Gasteiger partial charge < -0.3 is 16.0 Å². The van der Waals surface area contributed by atoms with E-state index >= 15 is 0 Å². The van der Waals surface area contributed by atoms with Gasteiger partial charge in [-0.25, -0.2) is 4.39 Å². The number of thiophene rings is 1. The van der Waals surface area contributed by atoms with Crippen LogP contribution in [0.15, 0.2) is 24.3 Å². The van der Waals surface area contributed by atoms with Gasteiger partial charge in [-0.1, -0.05) is 0 Å². The van der Waals surface area contributed by atoms with Gasteiger partial charge in [0.1, 0.15) is 15.5 Å². The Morgan fingerprint density at radius 3 is 2.65 bits per heavy atom. The summed E-state index contributed by atoms with van der Waals surface area (Å²) < 4.78 is 13.0. The fourth-order valence-corrected chi connectivity index (χ4v) is 4.10. The molecule has 134 valence electrons. The Morgan fingerprint density at radius 1 is 1.27 bits per heavy atom. The molecule has 1 amide bonds. The van der Waals surface area contributed by atoms with E-state index in [-0.39, 0.29) is 17.8 Å². The number of rotatable bonds is 3. The minimum absolute atomic E-state index is 0.0334. The smallest absolute Gasteiger partial charge is 0.263 e. The Balaban J connectivity index is 1.46. The van der Waals surface area contributed by atoms with Crippen molar-refractivity contribution >= 4 is 38.8 Å². The van der Waals surface area contributed by atoms with Crippen LogP contribution in [0.5, 0.6) is 0 Å². The van der Waals surface area contributed by atoms with Crippen LogP contribution in [0.25, 0.3) is 10.2 Å². The lowest BCUT2D eigenvalue weighted by atomic mass is 10.1. The van der Waals surface area contributed by atoms with Crippen LogP contribution in [0.3, 0.4) is 0 Å². The van der Waals surface area contributed by atoms with Crippen LogP contribution in [0.4, 0.5) is 15.8 Å². The largest absolute Gasteiger partial charge is 0.397 e. The average Bonchev–Trinajstić information content (AvgIpc) is 2.92. The van der Waals surface area contributed by atoms with Crippen molar-refractivity contribution in [3.63, 3.8) is 0 Å². The van der Waals surface area contributed by atoms with Gasteiger partial charge in [-0.05, 0) is 43.7 Å². The van der Waals surface area contributed by atoms with E-state index in [1.807, 2.05) is 13.8 Å². The molecule has 0 spiro atoms. The van der Waals surface area contributed by atoms with E-state index in [1.165, 1.54) is 23.5 Å². The molecule has 1 aromatic carbocycles. The van der Waals surface area contributed by atoms with Crippen molar-refractivity contribution < 1.29 is 9.18 Å². The third kappa shape index (κ3) is 2.76. The zero-order chi connectivity index (χ0) is 18.4. The van der Waals surface area contributed by atoms with Gasteiger partial charge in [0.05, 0.1) is 17.4 Å². The number of nitrogens with one attached hydrogen (secondary N) is 1. The minimum atomic E-state index is -0.256. The van der Waals surface area contributed by atoms with Gasteiger partial charge in [-0.2, -0.15) is 5.10 Å². The molecule has 3 heterocycles. The van der Waals surface area contributed by atoms with Gasteiger partial charge in [0, 0.05) is 24.2 Å². The zero-order valence-electron chi connectivity index (χ0n) is 14.4. The highest BCUT2D eigenvalue weighted by Gasteiger charge is 2.30. The summed E-state index contributed by atoms with van der Waals surface area (Å²) in [5.41, 5.74) is 9.38. The topological polar surface area (TPSA) is 84.1 Å². The number of aryl methyl sites for hydroxylation is 2. The van der Waals surface area contributed by atoms with Crippen molar-refractivity contribution in [2.24, 2.45) is 0 Å². The number of hydrogen-bond donors (Lipinski definition) is 2. The molecule has 0 unspecified atom stereocenters. The Hall–Kier alpha value is -2.74. The highest BCUT2D eigenvalue weighted by Crippen LogP contribution is 2.35. The molecule has 3 N–H and O–H groups in total. The van der Waals surface area contributed by atoms with Crippen LogP contribution < -0.4 is 16.0 Å². The van der Waals surface area contributed by atoms with Gasteiger partial charge in [-0.15, -0.1) is 16.4 Å². The molecule has 0 radical (unpaired) electrons. The summed E-state index contributed by atoms with van der Waals surface area (Å²) in [5.74, 6) is -0.445. The molecule has 8 heteroatoms. The third-order valence-electron chi connectivity index (χ3n) is 4.75. The van der Waals surface area contributed by atoms with E-state index in [0.29, 0.717) is 28.5 Å². The van der Waals surface area contributed by atoms with Gasteiger partial charge in [0.2, 0.25) is 0 Å². The summed E-state index contributed by atoms with van der Waals surface area (Å²) in [6.07, 6.45) is 0. The molecule has 1 aliphatic rings. The molecule has 0 aliphatic carbocycles. The molecule has 2 aromatic heterocycles. The average molecular weight is 371 g/mol. The van der Waals surface area contributed by atoms with Crippen LogP contribution in [0.2, 0.25) is 0 Å². The number of nitrogen functional groups attached to an aromatic ring is 1. The first-order valence-electron chi connectivity index (χ1n) is 8.27. The van der Waals surface area contributed by atoms with Crippen molar-refractivity contribution in [1.29, 1.82) is 0 Å². The standard InChI is InChI=1S/C18H18FN5OS/c1-9-10(2)22-23-18-14(9)15(20)16(26-18)17(25)21-12-7-24(8-12)13-5-3-11(19)4-6-13/h3-6,12H,7-8,20H2,1-2H3,(H,21,25). The second-order valence-corrected chi connectivity index (χ2v) is 7.49. The van der Waals surface area contributed by atoms with Crippen molar-refractivity contribution in [3.05, 3.63) is 46.2 Å². The van der Waals surface area contributed by atoms with Gasteiger partial charge in [0.15, 0.2) is 0 Å². The number of fused-ring (bicyclic) bond motifs is 1. The molecule has 0 saturated carbocycles. The van der Waals surface area contributed by atoms with E-state index in [9.17, 15) is 9.18 Å². The lowest BCUT2D eigenvalue weighted by Crippen LogP contribution is -2.59. The summed E-state index contributed by atoms with van der Waals surface area (Å²) in [6.45, 7) is 5.17. The monoisotopic (exact) mass is 371 g/mol. The summed E-state index contributed by atoms with van der Waals surface area (Å²) in [7, 11) is 0. The number of carbonyl (C=O) groups excluding carboxylic acids is 1. The van der Waals surface area contributed by atoms with Gasteiger partial charge in [-0.3, -0.25) is 4.79 Å². The Bertz CT molecular complexity index is 995. The number of carbonyl (C=O) groups is 1. The zero-order valence-corrected chi connectivity index (χ0v) is 15.2. The first kappa shape index (κ1) is 16.7. The second-order valence-electron chi connectivity index (χ2n) is 6.49. The molecule has 26 heavy (non-hydrogen) atoms. The molecule has 1 saturated heterocycles. The van der Waals surface area contributed by atoms with Gasteiger partial charge in [0.25, 0.3) is 5.91 Å². The molecule has 1 aliphatic heterocycles. The second kappa shape index (κ2) is 6.21. The highest BCUT2D eigenvalue weighted by molar-refractivity contribution is 7.21. The van der Waals surface area contributed by atoms with Gasteiger partial charge >= 0.3 is 0 Å². The highest BCUT2D eigenvalue weighted by atomic mass is 32.1. The molecule has 0 bridgehead atoms. The Kier molecular flexibility index (Phi) is 3.99. The Morgan fingerprint density at radius 2 is 1.96 bits per heavy atom. The quantitative estimate of drug-likeness (QED) is 0.739. The predicted octanol–water partition coefficient (Wildman–Crippen LogP) is 2.65. The summed E-state index contributed by atoms with van der Waals surface area (Å²) in [5, 5.41) is 12.1. The van der Waals surface area contributed by atoms with E-state index in [2.05, 4.69) is 20.4 Å². The van der Waals surface area contributed by atoms with Crippen molar-refractivity contribution in [2.45, 2.75) is 19.9 Å². The summed E-state index contributed by atoms with van der Waals surface area (Å²) in [6, 6.07) is 6.38. The van der Waals surface area contributed by atoms with Crippen molar-refractivity contribution in [2.75, 3.05) is 23.7 Å². The normalized spacial score (nSPS) is 14.5. The first-order valence-corrected chi connectivity index (χ1v) is 9.09. The maximum Gasteiger partial charge on any atom is 0.263 e. The summed E-state index contributed by atoms with van der Waals surface area (Å²) >= 11 is 1.26. The van der Waals surface area contributed by atoms with Crippen LogP contribution in [-0.2, 0) is 0 Å². The number of amides is 1. The molecular formula is C18H18FN5OS. The van der Waals surface area contributed by atoms with E-state index < -0.39 is 0 Å². The number of nitrogens with two attached hydrogens (primary N) is 1. The number of halogens is 1. The number of benzene rings is 1. The molecule has 1 fully saturated rings. The fourth-order valence-electron chi connectivity index (χ4n) is 3.09. The summed E-state index contributed by atoms with van der Waals surface area (Å²) in [4.78, 5) is 15.9. The molecule has 4 rings (SSSR count). The van der Waals surface area contributed by atoms with E-state index in [4.69, 9.17) is 5.73 Å². The minimum Gasteiger partial charge on any atom is -0.397 e. The third-order valence-corrected chi connectivity index (χ3v) is 5.84. The fraction of sp³-hybridized carbons (Fsp3) is 0.278. The van der Waals surface area contributed by atoms with E-state index in [0.717, 1.165) is 22.3 Å². The molecule has 3 aromatic rings. The number of hydrogen-bond acceptors (Lipinski definition) is 6.